The van der Waals surface area contributed by atoms with E-state index < -0.39 is 32.5 Å². The zero-order valence-electron chi connectivity index (χ0n) is 38.7. The molecule has 0 bridgehead atoms. The molecular weight excluding hydrogens is 798 g/mol. The second-order valence-electron chi connectivity index (χ2n) is 15.3. The molecule has 0 saturated heterocycles. The van der Waals surface area contributed by atoms with Crippen molar-refractivity contribution in [2.45, 2.75) is 123 Å². The monoisotopic (exact) mass is 878 g/mol. The summed E-state index contributed by atoms with van der Waals surface area (Å²) in [7, 11) is 1.05. The van der Waals surface area contributed by atoms with Gasteiger partial charge in [-0.1, -0.05) is 160 Å². The van der Waals surface area contributed by atoms with E-state index in [-0.39, 0.29) is 26.1 Å². The number of esters is 2. The van der Waals surface area contributed by atoms with Crippen molar-refractivity contribution < 1.29 is 42.1 Å². The number of carbonyl (C=O) groups is 2. The maximum absolute atomic E-state index is 12.7. The maximum atomic E-state index is 12.7. The van der Waals surface area contributed by atoms with E-state index in [2.05, 4.69) is 135 Å². The molecule has 0 N–H and O–H groups in total. The van der Waals surface area contributed by atoms with Crippen molar-refractivity contribution >= 4 is 19.8 Å². The fourth-order valence-electron chi connectivity index (χ4n) is 4.94. The Bertz CT molecular complexity index is 1550. The van der Waals surface area contributed by atoms with E-state index in [1.807, 2.05) is 45.4 Å². The van der Waals surface area contributed by atoms with Crippen LogP contribution in [0.2, 0.25) is 0 Å². The topological polar surface area (TPSA) is 111 Å². The highest BCUT2D eigenvalue weighted by molar-refractivity contribution is 7.45. The number of hydrogen-bond acceptors (Lipinski definition) is 8. The van der Waals surface area contributed by atoms with Crippen molar-refractivity contribution in [3.63, 3.8) is 0 Å². The molecule has 0 heterocycles. The van der Waals surface area contributed by atoms with Crippen LogP contribution in [-0.2, 0) is 32.7 Å². The number of carbonyl (C=O) groups excluding carboxylic acids is 2. The number of allylic oxidation sites excluding steroid dienone is 24. The lowest BCUT2D eigenvalue weighted by Crippen LogP contribution is -2.37. The Morgan fingerprint density at radius 3 is 1.15 bits per heavy atom. The van der Waals surface area contributed by atoms with Crippen molar-refractivity contribution in [2.24, 2.45) is 0 Å². The van der Waals surface area contributed by atoms with Crippen LogP contribution >= 0.6 is 7.82 Å². The number of rotatable bonds is 38. The number of phosphoric acid groups is 1. The number of nitrogens with zero attached hydrogens (tertiary/aromatic N) is 1. The zero-order chi connectivity index (χ0) is 45.7. The van der Waals surface area contributed by atoms with Crippen LogP contribution in [0.1, 0.15) is 117 Å². The average Bonchev–Trinajstić information content (AvgIpc) is 3.23. The largest absolute Gasteiger partial charge is 0.756 e. The summed E-state index contributed by atoms with van der Waals surface area (Å²) in [5.74, 6) is -1.05. The summed E-state index contributed by atoms with van der Waals surface area (Å²) < 4.78 is 33.7. The minimum Gasteiger partial charge on any atom is -0.756 e. The van der Waals surface area contributed by atoms with E-state index in [1.54, 1.807) is 0 Å². The summed E-state index contributed by atoms with van der Waals surface area (Å²) in [5, 5.41) is 0. The quantitative estimate of drug-likeness (QED) is 0.0261. The molecule has 0 saturated carbocycles. The van der Waals surface area contributed by atoms with E-state index >= 15 is 0 Å². The predicted molar refractivity (Wildman–Crippen MR) is 258 cm³/mol. The summed E-state index contributed by atoms with van der Waals surface area (Å²) in [6.45, 7) is 3.78. The van der Waals surface area contributed by atoms with Crippen LogP contribution in [0.5, 0.6) is 0 Å². The minimum atomic E-state index is -4.68. The highest BCUT2D eigenvalue weighted by Gasteiger charge is 2.21. The standard InChI is InChI=1S/C52H80NO8P/c1-6-8-10-12-14-16-18-20-22-24-26-28-30-32-34-36-38-40-42-44-51(54)58-48-50(49-60-62(56,57)59-47-46-53(3,4)5)61-52(55)45-43-41-39-37-35-33-31-29-27-25-23-21-19-17-15-13-11-9-7-2/h8-11,14-17,20-23,26-29,32-35,38-41,50H,6-7,12-13,18-19,24-25,30-31,36-37,42-49H2,1-5H3/b10-8-,11-9-,16-14-,17-15-,22-20-,23-21-,28-26-,29-27-,34-32-,35-33-,40-38-,41-39-/t50-/m0/s1. The molecule has 0 aromatic heterocycles. The van der Waals surface area contributed by atoms with Gasteiger partial charge in [0.15, 0.2) is 6.10 Å². The Balaban J connectivity index is 4.63. The lowest BCUT2D eigenvalue weighted by molar-refractivity contribution is -0.870. The molecule has 0 rings (SSSR count). The molecule has 0 amide bonds. The molecule has 0 spiro atoms. The third-order valence-corrected chi connectivity index (χ3v) is 9.35. The second kappa shape index (κ2) is 42.2. The average molecular weight is 878 g/mol. The second-order valence-corrected chi connectivity index (χ2v) is 16.7. The maximum Gasteiger partial charge on any atom is 0.306 e. The van der Waals surface area contributed by atoms with Gasteiger partial charge < -0.3 is 27.9 Å². The molecule has 0 aromatic carbocycles. The van der Waals surface area contributed by atoms with Crippen LogP contribution in [0.3, 0.4) is 0 Å². The summed E-state index contributed by atoms with van der Waals surface area (Å²) in [6.07, 6.45) is 62.0. The van der Waals surface area contributed by atoms with Gasteiger partial charge >= 0.3 is 11.9 Å². The van der Waals surface area contributed by atoms with E-state index in [4.69, 9.17) is 18.5 Å². The molecular formula is C52H80NO8P. The van der Waals surface area contributed by atoms with Crippen LogP contribution in [0.4, 0.5) is 0 Å². The first kappa shape index (κ1) is 57.9. The third kappa shape index (κ3) is 45.4. The fraction of sp³-hybridized carbons (Fsp3) is 0.500. The van der Waals surface area contributed by atoms with E-state index in [0.29, 0.717) is 23.9 Å². The van der Waals surface area contributed by atoms with Crippen molar-refractivity contribution in [1.29, 1.82) is 0 Å². The highest BCUT2D eigenvalue weighted by atomic mass is 31.2. The van der Waals surface area contributed by atoms with Crippen LogP contribution in [0, 0.1) is 0 Å². The normalized spacial score (nSPS) is 14.9. The molecule has 0 fully saturated rings. The summed E-state index contributed by atoms with van der Waals surface area (Å²) >= 11 is 0. The van der Waals surface area contributed by atoms with Gasteiger partial charge in [0.2, 0.25) is 0 Å². The minimum absolute atomic E-state index is 0.0652. The van der Waals surface area contributed by atoms with Crippen molar-refractivity contribution in [2.75, 3.05) is 47.5 Å². The molecule has 9 nitrogen and oxygen atoms in total. The summed E-state index contributed by atoms with van der Waals surface area (Å²) in [6, 6.07) is 0. The van der Waals surface area contributed by atoms with Crippen LogP contribution < -0.4 is 4.89 Å². The van der Waals surface area contributed by atoms with Gasteiger partial charge in [0.25, 0.3) is 7.82 Å². The molecule has 2 atom stereocenters. The van der Waals surface area contributed by atoms with Crippen molar-refractivity contribution in [3.05, 3.63) is 146 Å². The number of hydrogen-bond donors (Lipinski definition) is 0. The fourth-order valence-corrected chi connectivity index (χ4v) is 5.67. The van der Waals surface area contributed by atoms with Crippen LogP contribution in [0.25, 0.3) is 0 Å². The van der Waals surface area contributed by atoms with Gasteiger partial charge in [-0.3, -0.25) is 14.2 Å². The number of likely N-dealkylation sites (N-methyl/N-ethyl adjacent to an activating group) is 1. The number of quaternary nitrogens is 1. The third-order valence-electron chi connectivity index (χ3n) is 8.38. The SMILES string of the molecule is CC/C=C\C/C=C\C/C=C\C/C=C\C/C=C\C/C=C\CCC(=O)OC[C@@H](COP(=O)([O-])OCC[N+](C)(C)C)OC(=O)CC/C=C\C/C=C\C/C=C\C/C=C\C/C=C\C/C=C\CC. The lowest BCUT2D eigenvalue weighted by atomic mass is 10.2. The van der Waals surface area contributed by atoms with Gasteiger partial charge in [0.05, 0.1) is 27.7 Å². The van der Waals surface area contributed by atoms with Gasteiger partial charge in [-0.15, -0.1) is 0 Å². The molecule has 0 aliphatic rings. The molecule has 346 valence electrons. The predicted octanol–water partition coefficient (Wildman–Crippen LogP) is 12.6. The Labute approximate surface area is 376 Å². The first-order valence-corrected chi connectivity index (χ1v) is 24.0. The Morgan fingerprint density at radius 1 is 0.484 bits per heavy atom. The molecule has 10 heteroatoms. The molecule has 1 unspecified atom stereocenters. The summed E-state index contributed by atoms with van der Waals surface area (Å²) in [5.41, 5.74) is 0. The Hall–Kier alpha value is -4.11. The smallest absolute Gasteiger partial charge is 0.306 e. The van der Waals surface area contributed by atoms with Gasteiger partial charge in [0, 0.05) is 12.8 Å². The van der Waals surface area contributed by atoms with E-state index in [1.165, 1.54) is 0 Å². The zero-order valence-corrected chi connectivity index (χ0v) is 39.6. The van der Waals surface area contributed by atoms with Gasteiger partial charge in [0.1, 0.15) is 19.8 Å². The van der Waals surface area contributed by atoms with Gasteiger partial charge in [-0.25, -0.2) is 0 Å². The van der Waals surface area contributed by atoms with Gasteiger partial charge in [-0.05, 0) is 89.9 Å². The molecule has 0 aromatic rings. The van der Waals surface area contributed by atoms with Crippen molar-refractivity contribution in [1.82, 2.24) is 0 Å². The lowest BCUT2D eigenvalue weighted by Gasteiger charge is -2.28. The molecule has 62 heavy (non-hydrogen) atoms. The molecule has 0 aliphatic heterocycles. The van der Waals surface area contributed by atoms with Crippen molar-refractivity contribution in [3.8, 4) is 0 Å². The molecule has 0 aliphatic carbocycles. The van der Waals surface area contributed by atoms with E-state index in [9.17, 15) is 19.0 Å². The highest BCUT2D eigenvalue weighted by Crippen LogP contribution is 2.38. The number of phosphoric ester groups is 1. The van der Waals surface area contributed by atoms with Gasteiger partial charge in [-0.2, -0.15) is 0 Å². The van der Waals surface area contributed by atoms with E-state index in [0.717, 1.165) is 77.0 Å². The first-order chi connectivity index (χ1) is 30.0. The van der Waals surface area contributed by atoms with Crippen LogP contribution in [0.15, 0.2) is 146 Å². The Kier molecular flexibility index (Phi) is 39.4. The first-order valence-electron chi connectivity index (χ1n) is 22.5. The summed E-state index contributed by atoms with van der Waals surface area (Å²) in [4.78, 5) is 37.5. The Morgan fingerprint density at radius 2 is 0.806 bits per heavy atom. The van der Waals surface area contributed by atoms with Crippen LogP contribution in [-0.4, -0.2) is 70.0 Å². The number of ether oxygens (including phenoxy) is 2. The molecule has 0 radical (unpaired) electrons.